The van der Waals surface area contributed by atoms with E-state index >= 15 is 0 Å². The number of ether oxygens (including phenoxy) is 2. The number of fused-ring (bicyclic) bond motifs is 2. The van der Waals surface area contributed by atoms with Gasteiger partial charge in [0.25, 0.3) is 0 Å². The Hall–Kier alpha value is -1.72. The van der Waals surface area contributed by atoms with Crippen molar-refractivity contribution in [1.82, 2.24) is 0 Å². The summed E-state index contributed by atoms with van der Waals surface area (Å²) in [5, 5.41) is 0. The second-order valence-corrected chi connectivity index (χ2v) is 10.4. The first-order valence-electron chi connectivity index (χ1n) is 10.7. The Balaban J connectivity index is 1.55. The van der Waals surface area contributed by atoms with E-state index in [0.29, 0.717) is 12.8 Å². The van der Waals surface area contributed by atoms with Crippen molar-refractivity contribution < 1.29 is 28.7 Å². The summed E-state index contributed by atoms with van der Waals surface area (Å²) in [6.07, 6.45) is 2.72. The van der Waals surface area contributed by atoms with Gasteiger partial charge >= 0.3 is 11.9 Å². The summed E-state index contributed by atoms with van der Waals surface area (Å²) < 4.78 is 10.8. The van der Waals surface area contributed by atoms with Crippen LogP contribution in [-0.2, 0) is 28.7 Å². The summed E-state index contributed by atoms with van der Waals surface area (Å²) in [6, 6.07) is 0. The molecule has 8 fully saturated rings. The lowest BCUT2D eigenvalue weighted by molar-refractivity contribution is -0.208. The molecule has 0 radical (unpaired) electrons. The van der Waals surface area contributed by atoms with E-state index in [4.69, 9.17) is 9.47 Å². The van der Waals surface area contributed by atoms with Gasteiger partial charge in [0.1, 0.15) is 11.6 Å². The van der Waals surface area contributed by atoms with E-state index in [-0.39, 0.29) is 82.7 Å². The highest BCUT2D eigenvalue weighted by molar-refractivity contribution is 5.99. The van der Waals surface area contributed by atoms with Gasteiger partial charge in [0.05, 0.1) is 25.0 Å². The Morgan fingerprint density at radius 1 is 0.750 bits per heavy atom. The number of carbonyl (C=O) groups excluding carboxylic acids is 4. The molecule has 28 heavy (non-hydrogen) atoms. The summed E-state index contributed by atoms with van der Waals surface area (Å²) in [6.45, 7) is 0. The number of ketones is 2. The molecule has 0 aliphatic heterocycles. The molecule has 0 spiro atoms. The zero-order valence-electron chi connectivity index (χ0n) is 16.1. The van der Waals surface area contributed by atoms with Crippen LogP contribution in [0.15, 0.2) is 0 Å². The first-order valence-corrected chi connectivity index (χ1v) is 10.7. The van der Waals surface area contributed by atoms with Crippen LogP contribution in [0.2, 0.25) is 0 Å². The smallest absolute Gasteiger partial charge is 0.313 e. The van der Waals surface area contributed by atoms with Gasteiger partial charge in [-0.3, -0.25) is 19.2 Å². The van der Waals surface area contributed by atoms with Crippen LogP contribution in [0.25, 0.3) is 0 Å². The van der Waals surface area contributed by atoms with Crippen molar-refractivity contribution in [3.8, 4) is 0 Å². The predicted molar refractivity (Wildman–Crippen MR) is 92.3 cm³/mol. The van der Waals surface area contributed by atoms with Crippen LogP contribution in [0.1, 0.15) is 25.7 Å². The third-order valence-corrected chi connectivity index (χ3v) is 10.7. The van der Waals surface area contributed by atoms with Crippen LogP contribution in [0.4, 0.5) is 0 Å². The maximum Gasteiger partial charge on any atom is 0.313 e. The van der Waals surface area contributed by atoms with E-state index in [9.17, 15) is 19.2 Å². The fraction of sp³-hybridized carbons (Fsp3) is 0.818. The Morgan fingerprint density at radius 3 is 1.50 bits per heavy atom. The van der Waals surface area contributed by atoms with Crippen molar-refractivity contribution >= 4 is 23.5 Å². The van der Waals surface area contributed by atoms with Gasteiger partial charge in [0.2, 0.25) is 0 Å². The minimum Gasteiger partial charge on any atom is -0.469 e. The van der Waals surface area contributed by atoms with Gasteiger partial charge in [-0.1, -0.05) is 0 Å². The van der Waals surface area contributed by atoms with Crippen molar-refractivity contribution in [1.29, 1.82) is 0 Å². The number of esters is 2. The molecule has 0 heterocycles. The molecule has 8 aliphatic rings. The van der Waals surface area contributed by atoms with Crippen LogP contribution < -0.4 is 0 Å². The molecule has 0 aromatic heterocycles. The topological polar surface area (TPSA) is 86.7 Å². The summed E-state index contributed by atoms with van der Waals surface area (Å²) in [5.74, 6) is 0.253. The predicted octanol–water partition coefficient (Wildman–Crippen LogP) is 1.26. The highest BCUT2D eigenvalue weighted by Crippen LogP contribution is 2.97. The van der Waals surface area contributed by atoms with Crippen LogP contribution in [0.3, 0.4) is 0 Å². The lowest BCUT2D eigenvalue weighted by Crippen LogP contribution is -2.66. The van der Waals surface area contributed by atoms with Gasteiger partial charge < -0.3 is 9.47 Å². The number of Topliss-reactive ketones (excluding diaryl/α,β-unsaturated/α-hetero) is 2. The molecule has 8 bridgehead atoms. The largest absolute Gasteiger partial charge is 0.469 e. The second-order valence-electron chi connectivity index (χ2n) is 10.4. The normalized spacial score (nSPS) is 60.6. The van der Waals surface area contributed by atoms with Gasteiger partial charge in [0, 0.05) is 24.7 Å². The van der Waals surface area contributed by atoms with Crippen molar-refractivity contribution in [2.24, 2.45) is 70.0 Å². The molecule has 148 valence electrons. The first-order chi connectivity index (χ1) is 13.5. The zero-order valence-corrected chi connectivity index (χ0v) is 16.1. The minimum atomic E-state index is -0.952. The lowest BCUT2D eigenvalue weighted by atomic mass is 9.43. The van der Waals surface area contributed by atoms with E-state index in [1.807, 2.05) is 0 Å². The lowest BCUT2D eigenvalue weighted by Gasteiger charge is -2.57. The standard InChI is InChI=1S/C22H24O6/c1-27-19(25)21-15-7-3-5-10(24)12(7)18-13(15)14-16(22(18,21)20(26)28-2)8-4-6-9(23)11(8)17(14)21/h7-8,11-18H,3-6H2,1-2H3/t7-,8+,11-,12-,13+,14+,15+,16-,17-,18+,21-,22-/m1/s1. The van der Waals surface area contributed by atoms with Crippen molar-refractivity contribution in [2.75, 3.05) is 14.2 Å². The van der Waals surface area contributed by atoms with Crippen molar-refractivity contribution in [3.63, 3.8) is 0 Å². The molecule has 0 aromatic carbocycles. The molecule has 6 heteroatoms. The van der Waals surface area contributed by atoms with Crippen LogP contribution in [0, 0.1) is 70.0 Å². The maximum atomic E-state index is 13.6. The number of hydrogen-bond acceptors (Lipinski definition) is 6. The monoisotopic (exact) mass is 384 g/mol. The molecule has 8 saturated carbocycles. The fourth-order valence-electron chi connectivity index (χ4n) is 11.2. The maximum absolute atomic E-state index is 13.6. The van der Waals surface area contributed by atoms with Gasteiger partial charge in [-0.25, -0.2) is 0 Å². The highest BCUT2D eigenvalue weighted by atomic mass is 16.5. The summed E-state index contributed by atoms with van der Waals surface area (Å²) in [5.41, 5.74) is -1.90. The van der Waals surface area contributed by atoms with E-state index < -0.39 is 10.8 Å². The van der Waals surface area contributed by atoms with Gasteiger partial charge in [-0.15, -0.1) is 0 Å². The van der Waals surface area contributed by atoms with Crippen LogP contribution in [0.5, 0.6) is 0 Å². The van der Waals surface area contributed by atoms with Crippen LogP contribution in [-0.4, -0.2) is 37.7 Å². The van der Waals surface area contributed by atoms with E-state index in [1.54, 1.807) is 0 Å². The molecule has 8 aliphatic carbocycles. The Kier molecular flexibility index (Phi) is 2.53. The zero-order chi connectivity index (χ0) is 19.3. The second kappa shape index (κ2) is 4.39. The molecule has 0 unspecified atom stereocenters. The quantitative estimate of drug-likeness (QED) is 0.666. The average Bonchev–Trinajstić information content (AvgIpc) is 3.49. The SMILES string of the molecule is COC(=O)[C@]12[C@@H]3[C@H]4C(=O)CC[C@@H]4[C@@H]4[C@@H]3[C@H]3[C@@H]1[C@@H]1CCC(=O)[C@@H]1[C@@H]3[C@@]42C(=O)OC. The third kappa shape index (κ3) is 1.10. The van der Waals surface area contributed by atoms with Gasteiger partial charge in [0.15, 0.2) is 0 Å². The molecular weight excluding hydrogens is 360 g/mol. The third-order valence-electron chi connectivity index (χ3n) is 10.7. The van der Waals surface area contributed by atoms with Crippen molar-refractivity contribution in [3.05, 3.63) is 0 Å². The van der Waals surface area contributed by atoms with Crippen molar-refractivity contribution in [2.45, 2.75) is 25.7 Å². The molecule has 0 aromatic rings. The van der Waals surface area contributed by atoms with E-state index in [1.165, 1.54) is 14.2 Å². The van der Waals surface area contributed by atoms with Gasteiger partial charge in [-0.05, 0) is 60.2 Å². The van der Waals surface area contributed by atoms with Gasteiger partial charge in [-0.2, -0.15) is 0 Å². The molecule has 12 atom stereocenters. The molecular formula is C22H24O6. The van der Waals surface area contributed by atoms with E-state index in [0.717, 1.165) is 12.8 Å². The van der Waals surface area contributed by atoms with Crippen LogP contribution >= 0.6 is 0 Å². The first kappa shape index (κ1) is 16.1. The summed E-state index contributed by atoms with van der Waals surface area (Å²) in [4.78, 5) is 52.8. The number of methoxy groups -OCH3 is 2. The summed E-state index contributed by atoms with van der Waals surface area (Å²) in [7, 11) is 2.80. The Morgan fingerprint density at radius 2 is 1.14 bits per heavy atom. The molecule has 6 nitrogen and oxygen atoms in total. The molecule has 0 amide bonds. The number of rotatable bonds is 2. The molecule has 0 saturated heterocycles. The molecule has 0 N–H and O–H groups in total. The fourth-order valence-corrected chi connectivity index (χ4v) is 11.2. The highest BCUT2D eigenvalue weighted by Gasteiger charge is 3.01. The number of hydrogen-bond donors (Lipinski definition) is 0. The Bertz CT molecular complexity index is 821. The average molecular weight is 384 g/mol. The number of carbonyl (C=O) groups is 4. The molecule has 8 rings (SSSR count). The summed E-state index contributed by atoms with van der Waals surface area (Å²) >= 11 is 0. The minimum absolute atomic E-state index is 0.00102. The van der Waals surface area contributed by atoms with E-state index in [2.05, 4.69) is 0 Å². The Labute approximate surface area is 162 Å².